The molecule has 0 aromatic heterocycles. The summed E-state index contributed by atoms with van der Waals surface area (Å²) in [6.07, 6.45) is 12.9. The molecule has 0 spiro atoms. The lowest BCUT2D eigenvalue weighted by molar-refractivity contribution is -0.0391. The van der Waals surface area contributed by atoms with Gasteiger partial charge in [0, 0.05) is 11.5 Å². The van der Waals surface area contributed by atoms with E-state index < -0.39 is 11.6 Å². The van der Waals surface area contributed by atoms with Crippen molar-refractivity contribution < 1.29 is 18.3 Å². The Kier molecular flexibility index (Phi) is 6.84. The van der Waals surface area contributed by atoms with Gasteiger partial charge in [-0.1, -0.05) is 30.9 Å². The molecule has 0 radical (unpaired) electrons. The average Bonchev–Trinajstić information content (AvgIpc) is 2.70. The predicted molar refractivity (Wildman–Crippen MR) is 105 cm³/mol. The third-order valence-corrected chi connectivity index (χ3v) is 5.54. The minimum absolute atomic E-state index is 0.0725. The van der Waals surface area contributed by atoms with Gasteiger partial charge in [-0.15, -0.1) is 0 Å². The smallest absolute Gasteiger partial charge is 0.201 e. The lowest BCUT2D eigenvalue weighted by Crippen LogP contribution is -2.32. The van der Waals surface area contributed by atoms with Crippen molar-refractivity contribution in [3.8, 4) is 5.75 Å². The molecule has 3 unspecified atom stereocenters. The van der Waals surface area contributed by atoms with Crippen molar-refractivity contribution in [1.82, 2.24) is 0 Å². The number of halogens is 2. The fraction of sp³-hybridized carbons (Fsp3) is 0.478. The molecule has 2 nitrogen and oxygen atoms in total. The monoisotopic (exact) mass is 374 g/mol. The van der Waals surface area contributed by atoms with Crippen LogP contribution in [-0.2, 0) is 4.74 Å². The number of ether oxygens (including phenoxy) is 2. The highest BCUT2D eigenvalue weighted by atomic mass is 19.2. The molecule has 1 aliphatic carbocycles. The quantitative estimate of drug-likeness (QED) is 0.562. The number of hydrogen-bond acceptors (Lipinski definition) is 2. The van der Waals surface area contributed by atoms with Crippen LogP contribution in [0.5, 0.6) is 5.75 Å². The summed E-state index contributed by atoms with van der Waals surface area (Å²) in [7, 11) is 0. The molecule has 1 fully saturated rings. The van der Waals surface area contributed by atoms with Crippen LogP contribution < -0.4 is 4.74 Å². The molecule has 27 heavy (non-hydrogen) atoms. The van der Waals surface area contributed by atoms with Crippen molar-refractivity contribution in [1.29, 1.82) is 0 Å². The lowest BCUT2D eigenvalue weighted by Gasteiger charge is -2.35. The van der Waals surface area contributed by atoms with Crippen LogP contribution in [0.25, 0.3) is 5.57 Å². The highest BCUT2D eigenvalue weighted by Crippen LogP contribution is 2.38. The van der Waals surface area contributed by atoms with Gasteiger partial charge in [-0.25, -0.2) is 4.39 Å². The van der Waals surface area contributed by atoms with Gasteiger partial charge in [0.15, 0.2) is 11.6 Å². The second-order valence-electron chi connectivity index (χ2n) is 7.34. The Labute approximate surface area is 160 Å². The first-order chi connectivity index (χ1) is 13.1. The zero-order chi connectivity index (χ0) is 19.2. The molecule has 1 aromatic carbocycles. The fourth-order valence-electron chi connectivity index (χ4n) is 4.06. The van der Waals surface area contributed by atoms with Crippen LogP contribution in [0.3, 0.4) is 0 Å². The van der Waals surface area contributed by atoms with E-state index in [0.29, 0.717) is 17.4 Å². The number of benzene rings is 1. The molecule has 0 bridgehead atoms. The summed E-state index contributed by atoms with van der Waals surface area (Å²) < 4.78 is 39.9. The van der Waals surface area contributed by atoms with Gasteiger partial charge in [0.1, 0.15) is 6.61 Å². The first-order valence-electron chi connectivity index (χ1n) is 9.79. The Morgan fingerprint density at radius 2 is 2.07 bits per heavy atom. The molecular formula is C23H28F2O2. The van der Waals surface area contributed by atoms with Crippen LogP contribution >= 0.6 is 0 Å². The summed E-state index contributed by atoms with van der Waals surface area (Å²) in [5, 5.41) is 0. The van der Waals surface area contributed by atoms with E-state index in [9.17, 15) is 8.78 Å². The minimum atomic E-state index is -0.928. The first-order valence-corrected chi connectivity index (χ1v) is 9.79. The van der Waals surface area contributed by atoms with Gasteiger partial charge in [0.25, 0.3) is 0 Å². The maximum absolute atomic E-state index is 14.5. The first kappa shape index (κ1) is 19.8. The molecule has 4 heteroatoms. The predicted octanol–water partition coefficient (Wildman–Crippen LogP) is 6.08. The van der Waals surface area contributed by atoms with Crippen molar-refractivity contribution in [2.75, 3.05) is 13.2 Å². The number of allylic oxidation sites excluding steroid dienone is 3. The van der Waals surface area contributed by atoms with E-state index in [1.807, 2.05) is 6.92 Å². The van der Waals surface area contributed by atoms with E-state index in [0.717, 1.165) is 44.3 Å². The van der Waals surface area contributed by atoms with E-state index in [2.05, 4.69) is 24.8 Å². The normalized spacial score (nSPS) is 26.0. The molecule has 1 saturated heterocycles. The maximum Gasteiger partial charge on any atom is 0.201 e. The summed E-state index contributed by atoms with van der Waals surface area (Å²) in [5.74, 6) is -0.840. The van der Waals surface area contributed by atoms with Gasteiger partial charge in [0.05, 0.1) is 12.7 Å². The Morgan fingerprint density at radius 3 is 2.70 bits per heavy atom. The lowest BCUT2D eigenvalue weighted by atomic mass is 9.80. The Balaban J connectivity index is 1.64. The highest BCUT2D eigenvalue weighted by Gasteiger charge is 2.29. The standard InChI is InChI=1S/C23H28F2O2/c1-3-5-16-6-12-20(27-15-16)18-9-7-17(8-10-18)19-11-13-21(26-14-4-2)23(25)22(19)24/h3-5,7,11,13,16,18,20H,2,6,8-10,12,14-15H2,1H3/b5-3+. The fourth-order valence-corrected chi connectivity index (χ4v) is 4.06. The third-order valence-electron chi connectivity index (χ3n) is 5.54. The summed E-state index contributed by atoms with van der Waals surface area (Å²) in [5.41, 5.74) is 1.22. The van der Waals surface area contributed by atoms with E-state index in [4.69, 9.17) is 9.47 Å². The SMILES string of the molecule is C=CCOc1ccc(C2=CCC(C3CCC(/C=C/C)CO3)CC2)c(F)c1F. The van der Waals surface area contributed by atoms with Gasteiger partial charge in [-0.2, -0.15) is 4.39 Å². The van der Waals surface area contributed by atoms with Crippen molar-refractivity contribution in [2.24, 2.45) is 11.8 Å². The molecular weight excluding hydrogens is 346 g/mol. The molecule has 3 atom stereocenters. The Hall–Kier alpha value is -1.94. The highest BCUT2D eigenvalue weighted by molar-refractivity contribution is 5.67. The van der Waals surface area contributed by atoms with Crippen molar-refractivity contribution in [3.63, 3.8) is 0 Å². The van der Waals surface area contributed by atoms with Crippen LogP contribution in [0.15, 0.2) is 43.0 Å². The summed E-state index contributed by atoms with van der Waals surface area (Å²) in [4.78, 5) is 0. The van der Waals surface area contributed by atoms with E-state index in [1.165, 1.54) is 12.1 Å². The molecule has 0 saturated carbocycles. The minimum Gasteiger partial charge on any atom is -0.486 e. The Bertz CT molecular complexity index is 715. The van der Waals surface area contributed by atoms with Gasteiger partial charge in [0.2, 0.25) is 5.82 Å². The van der Waals surface area contributed by atoms with Crippen LogP contribution in [0.4, 0.5) is 8.78 Å². The average molecular weight is 374 g/mol. The van der Waals surface area contributed by atoms with Crippen molar-refractivity contribution >= 4 is 5.57 Å². The largest absolute Gasteiger partial charge is 0.486 e. The molecule has 0 N–H and O–H groups in total. The van der Waals surface area contributed by atoms with Crippen LogP contribution in [0.1, 0.15) is 44.6 Å². The van der Waals surface area contributed by atoms with E-state index in [-0.39, 0.29) is 18.5 Å². The molecule has 1 aromatic rings. The summed E-state index contributed by atoms with van der Waals surface area (Å²) in [6, 6.07) is 3.11. The van der Waals surface area contributed by atoms with Crippen molar-refractivity contribution in [2.45, 2.75) is 45.1 Å². The molecule has 3 rings (SSSR count). The topological polar surface area (TPSA) is 18.5 Å². The summed E-state index contributed by atoms with van der Waals surface area (Å²) >= 11 is 0. The van der Waals surface area contributed by atoms with Gasteiger partial charge >= 0.3 is 0 Å². The molecule has 2 aliphatic rings. The van der Waals surface area contributed by atoms with Crippen LogP contribution in [0, 0.1) is 23.5 Å². The molecule has 1 heterocycles. The number of rotatable bonds is 6. The van der Waals surface area contributed by atoms with Gasteiger partial charge in [-0.3, -0.25) is 0 Å². The molecule has 146 valence electrons. The Morgan fingerprint density at radius 1 is 1.22 bits per heavy atom. The number of hydrogen-bond donors (Lipinski definition) is 0. The zero-order valence-electron chi connectivity index (χ0n) is 15.9. The summed E-state index contributed by atoms with van der Waals surface area (Å²) in [6.45, 7) is 6.49. The zero-order valence-corrected chi connectivity index (χ0v) is 15.9. The van der Waals surface area contributed by atoms with Crippen LogP contribution in [-0.4, -0.2) is 19.3 Å². The van der Waals surface area contributed by atoms with Gasteiger partial charge < -0.3 is 9.47 Å². The van der Waals surface area contributed by atoms with E-state index >= 15 is 0 Å². The van der Waals surface area contributed by atoms with Gasteiger partial charge in [-0.05, 0) is 62.7 Å². The van der Waals surface area contributed by atoms with Crippen LogP contribution in [0.2, 0.25) is 0 Å². The van der Waals surface area contributed by atoms with Crippen molar-refractivity contribution in [3.05, 3.63) is 60.2 Å². The van der Waals surface area contributed by atoms with E-state index in [1.54, 1.807) is 6.07 Å². The second-order valence-corrected chi connectivity index (χ2v) is 7.34. The maximum atomic E-state index is 14.5. The second kappa shape index (κ2) is 9.32. The third kappa shape index (κ3) is 4.67. The molecule has 1 aliphatic heterocycles. The molecule has 0 amide bonds.